The second-order valence-electron chi connectivity index (χ2n) is 3.68. The maximum atomic E-state index is 11.3. The average Bonchev–Trinajstić information content (AvgIpc) is 2.82. The second kappa shape index (κ2) is 3.99. The smallest absolute Gasteiger partial charge is 0.248 e. The van der Waals surface area contributed by atoms with Gasteiger partial charge < -0.3 is 9.55 Å². The van der Waals surface area contributed by atoms with E-state index in [1.807, 2.05) is 29.0 Å². The van der Waals surface area contributed by atoms with Gasteiger partial charge in [0, 0.05) is 22.0 Å². The van der Waals surface area contributed by atoms with Gasteiger partial charge in [-0.25, -0.2) is 4.98 Å². The monoisotopic (exact) mass is 337 g/mol. The molecule has 0 aliphatic rings. The van der Waals surface area contributed by atoms with E-state index in [-0.39, 0.29) is 5.56 Å². The third kappa shape index (κ3) is 1.86. The molecule has 1 aromatic carbocycles. The van der Waals surface area contributed by atoms with E-state index < -0.39 is 0 Å². The zero-order chi connectivity index (χ0) is 11.8. The van der Waals surface area contributed by atoms with Crippen LogP contribution < -0.4 is 5.56 Å². The molecule has 4 nitrogen and oxygen atoms in total. The Labute approximate surface area is 110 Å². The molecule has 0 amide bonds. The Morgan fingerprint density at radius 1 is 1.29 bits per heavy atom. The highest BCUT2D eigenvalue weighted by molar-refractivity contribution is 14.1. The largest absolute Gasteiger partial charge is 0.322 e. The Kier molecular flexibility index (Phi) is 2.47. The first kappa shape index (κ1) is 10.5. The fourth-order valence-electron chi connectivity index (χ4n) is 1.76. The van der Waals surface area contributed by atoms with Crippen LogP contribution in [0.3, 0.4) is 0 Å². The van der Waals surface area contributed by atoms with Gasteiger partial charge in [0.25, 0.3) is 0 Å². The fraction of sp³-hybridized carbons (Fsp3) is 0. The molecule has 0 unspecified atom stereocenters. The number of hydrogen-bond acceptors (Lipinski definition) is 2. The number of pyridine rings is 1. The van der Waals surface area contributed by atoms with Crippen molar-refractivity contribution in [1.82, 2.24) is 14.5 Å². The third-order valence-electron chi connectivity index (χ3n) is 2.57. The van der Waals surface area contributed by atoms with E-state index in [1.165, 1.54) is 6.07 Å². The summed E-state index contributed by atoms with van der Waals surface area (Å²) in [5.74, 6) is 0. The highest BCUT2D eigenvalue weighted by Crippen LogP contribution is 2.22. The lowest BCUT2D eigenvalue weighted by Crippen LogP contribution is -2.03. The molecule has 84 valence electrons. The first-order chi connectivity index (χ1) is 8.24. The van der Waals surface area contributed by atoms with Gasteiger partial charge in [0.15, 0.2) is 0 Å². The maximum absolute atomic E-state index is 11.3. The molecule has 5 heteroatoms. The fourth-order valence-corrected chi connectivity index (χ4v) is 2.53. The number of imidazole rings is 1. The predicted octanol–water partition coefficient (Wildman–Crippen LogP) is 2.32. The standard InChI is InChI=1S/C12H8IN3O/c13-9-5-8-1-2-12(17)15-10(8)6-11(9)16-4-3-14-7-16/h1-7H,(H,15,17). The quantitative estimate of drug-likeness (QED) is 0.693. The molecule has 2 heterocycles. The summed E-state index contributed by atoms with van der Waals surface area (Å²) in [7, 11) is 0. The molecule has 0 saturated heterocycles. The van der Waals surface area contributed by atoms with Gasteiger partial charge in [-0.3, -0.25) is 4.79 Å². The molecular weight excluding hydrogens is 329 g/mol. The number of rotatable bonds is 1. The molecule has 0 saturated carbocycles. The van der Waals surface area contributed by atoms with Gasteiger partial charge >= 0.3 is 0 Å². The zero-order valence-corrected chi connectivity index (χ0v) is 10.9. The van der Waals surface area contributed by atoms with Crippen molar-refractivity contribution in [3.05, 3.63) is 56.9 Å². The van der Waals surface area contributed by atoms with Crippen LogP contribution in [0.15, 0.2) is 47.8 Å². The number of nitrogens with zero attached hydrogens (tertiary/aromatic N) is 2. The van der Waals surface area contributed by atoms with E-state index in [2.05, 4.69) is 32.6 Å². The zero-order valence-electron chi connectivity index (χ0n) is 8.72. The van der Waals surface area contributed by atoms with E-state index in [0.717, 1.165) is 20.2 Å². The number of aromatic nitrogens is 3. The lowest BCUT2D eigenvalue weighted by molar-refractivity contribution is 1.05. The molecule has 0 spiro atoms. The first-order valence-electron chi connectivity index (χ1n) is 5.05. The number of nitrogens with one attached hydrogen (secondary N) is 1. The van der Waals surface area contributed by atoms with E-state index >= 15 is 0 Å². The first-order valence-corrected chi connectivity index (χ1v) is 6.13. The Morgan fingerprint density at radius 2 is 2.18 bits per heavy atom. The van der Waals surface area contributed by atoms with Crippen LogP contribution in [-0.4, -0.2) is 14.5 Å². The van der Waals surface area contributed by atoms with Crippen LogP contribution in [0.4, 0.5) is 0 Å². The summed E-state index contributed by atoms with van der Waals surface area (Å²) in [4.78, 5) is 18.1. The van der Waals surface area contributed by atoms with E-state index in [0.29, 0.717) is 0 Å². The molecule has 0 radical (unpaired) electrons. The normalized spacial score (nSPS) is 10.9. The third-order valence-corrected chi connectivity index (χ3v) is 3.44. The Hall–Kier alpha value is -1.63. The molecule has 3 rings (SSSR count). The molecule has 0 fully saturated rings. The van der Waals surface area contributed by atoms with Crippen molar-refractivity contribution in [2.75, 3.05) is 0 Å². The average molecular weight is 337 g/mol. The van der Waals surface area contributed by atoms with Crippen molar-refractivity contribution < 1.29 is 0 Å². The van der Waals surface area contributed by atoms with Crippen LogP contribution in [0.25, 0.3) is 16.6 Å². The van der Waals surface area contributed by atoms with Crippen LogP contribution in [0.2, 0.25) is 0 Å². The van der Waals surface area contributed by atoms with Crippen LogP contribution in [0, 0.1) is 3.57 Å². The number of benzene rings is 1. The molecule has 0 bridgehead atoms. The predicted molar refractivity (Wildman–Crippen MR) is 74.4 cm³/mol. The summed E-state index contributed by atoms with van der Waals surface area (Å²) in [5, 5.41) is 1.03. The van der Waals surface area contributed by atoms with Crippen molar-refractivity contribution in [3.63, 3.8) is 0 Å². The highest BCUT2D eigenvalue weighted by atomic mass is 127. The summed E-state index contributed by atoms with van der Waals surface area (Å²) >= 11 is 2.28. The number of fused-ring (bicyclic) bond motifs is 1. The summed E-state index contributed by atoms with van der Waals surface area (Å²) in [6, 6.07) is 7.37. The van der Waals surface area contributed by atoms with Gasteiger partial charge in [0.1, 0.15) is 0 Å². The van der Waals surface area contributed by atoms with Crippen molar-refractivity contribution in [2.24, 2.45) is 0 Å². The van der Waals surface area contributed by atoms with Crippen LogP contribution in [-0.2, 0) is 0 Å². The molecule has 0 aliphatic carbocycles. The number of hydrogen-bond donors (Lipinski definition) is 1. The summed E-state index contributed by atoms with van der Waals surface area (Å²) in [6.07, 6.45) is 5.35. The lowest BCUT2D eigenvalue weighted by Gasteiger charge is -2.07. The van der Waals surface area contributed by atoms with Crippen molar-refractivity contribution in [1.29, 1.82) is 0 Å². The molecule has 0 aliphatic heterocycles. The minimum absolute atomic E-state index is 0.0877. The van der Waals surface area contributed by atoms with Gasteiger partial charge in [0.05, 0.1) is 17.5 Å². The molecular formula is C12H8IN3O. The molecule has 1 N–H and O–H groups in total. The van der Waals surface area contributed by atoms with Gasteiger partial charge in [-0.05, 0) is 46.2 Å². The van der Waals surface area contributed by atoms with E-state index in [4.69, 9.17) is 0 Å². The Balaban J connectivity index is 2.33. The topological polar surface area (TPSA) is 50.7 Å². The summed E-state index contributed by atoms with van der Waals surface area (Å²) in [5.41, 5.74) is 1.76. The van der Waals surface area contributed by atoms with Gasteiger partial charge in [-0.15, -0.1) is 0 Å². The van der Waals surface area contributed by atoms with Crippen LogP contribution in [0.5, 0.6) is 0 Å². The second-order valence-corrected chi connectivity index (χ2v) is 4.85. The number of aromatic amines is 1. The SMILES string of the molecule is O=c1ccc2cc(I)c(-n3ccnc3)cc2[nH]1. The van der Waals surface area contributed by atoms with Crippen LogP contribution in [0.1, 0.15) is 0 Å². The number of H-pyrrole nitrogens is 1. The molecule has 0 atom stereocenters. The molecule has 3 aromatic rings. The Morgan fingerprint density at radius 3 is 2.94 bits per heavy atom. The minimum Gasteiger partial charge on any atom is -0.322 e. The van der Waals surface area contributed by atoms with Gasteiger partial charge in [-0.1, -0.05) is 0 Å². The Bertz CT molecular complexity index is 731. The maximum Gasteiger partial charge on any atom is 0.248 e. The molecule has 2 aromatic heterocycles. The van der Waals surface area contributed by atoms with Crippen molar-refractivity contribution >= 4 is 33.5 Å². The van der Waals surface area contributed by atoms with Gasteiger partial charge in [0.2, 0.25) is 5.56 Å². The highest BCUT2D eigenvalue weighted by Gasteiger charge is 2.04. The van der Waals surface area contributed by atoms with Gasteiger partial charge in [-0.2, -0.15) is 0 Å². The molecule has 17 heavy (non-hydrogen) atoms. The van der Waals surface area contributed by atoms with E-state index in [1.54, 1.807) is 12.5 Å². The lowest BCUT2D eigenvalue weighted by atomic mass is 10.2. The summed E-state index contributed by atoms with van der Waals surface area (Å²) in [6.45, 7) is 0. The number of halogens is 1. The van der Waals surface area contributed by atoms with Crippen LogP contribution >= 0.6 is 22.6 Å². The van der Waals surface area contributed by atoms with Crippen molar-refractivity contribution in [2.45, 2.75) is 0 Å². The van der Waals surface area contributed by atoms with Crippen molar-refractivity contribution in [3.8, 4) is 5.69 Å². The van der Waals surface area contributed by atoms with E-state index in [9.17, 15) is 4.79 Å². The minimum atomic E-state index is -0.0877. The summed E-state index contributed by atoms with van der Waals surface area (Å²) < 4.78 is 3.03.